The molecule has 0 atom stereocenters. The van der Waals surface area contributed by atoms with Crippen LogP contribution in [0.4, 0.5) is 13.2 Å². The van der Waals surface area contributed by atoms with Crippen LogP contribution in [0.5, 0.6) is 0 Å². The number of halogens is 3. The molecule has 0 unspecified atom stereocenters. The van der Waals surface area contributed by atoms with E-state index in [1.54, 1.807) is 0 Å². The fourth-order valence-corrected chi connectivity index (χ4v) is 1.12. The summed E-state index contributed by atoms with van der Waals surface area (Å²) in [6.07, 6.45) is -2.41. The fourth-order valence-electron chi connectivity index (χ4n) is 1.12. The number of ether oxygens (including phenoxy) is 1. The molecular weight excluding hydrogens is 195 g/mol. The Morgan fingerprint density at radius 2 is 1.79 bits per heavy atom. The third-order valence-corrected chi connectivity index (χ3v) is 2.13. The summed E-state index contributed by atoms with van der Waals surface area (Å²) in [6, 6.07) is 0. The van der Waals surface area contributed by atoms with Gasteiger partial charge in [-0.15, -0.1) is 13.2 Å². The fraction of sp³-hybridized carbons (Fsp3) is 1.00. The van der Waals surface area contributed by atoms with Crippen molar-refractivity contribution in [2.24, 2.45) is 5.92 Å². The van der Waals surface area contributed by atoms with Crippen molar-refractivity contribution in [1.29, 1.82) is 0 Å². The predicted molar refractivity (Wildman–Crippen MR) is 48.9 cm³/mol. The van der Waals surface area contributed by atoms with Crippen LogP contribution in [0.1, 0.15) is 26.7 Å². The Bertz CT molecular complexity index is 135. The van der Waals surface area contributed by atoms with E-state index in [-0.39, 0.29) is 13.2 Å². The molecule has 0 heterocycles. The Balaban J connectivity index is 3.29. The molecule has 2 nitrogen and oxygen atoms in total. The molecule has 0 radical (unpaired) electrons. The zero-order chi connectivity index (χ0) is 11.0. The van der Waals surface area contributed by atoms with Gasteiger partial charge < -0.3 is 5.32 Å². The van der Waals surface area contributed by atoms with E-state index >= 15 is 0 Å². The van der Waals surface area contributed by atoms with Gasteiger partial charge >= 0.3 is 6.36 Å². The average Bonchev–Trinajstić information content (AvgIpc) is 2.09. The highest BCUT2D eigenvalue weighted by atomic mass is 19.4. The van der Waals surface area contributed by atoms with Crippen LogP contribution in [0.15, 0.2) is 0 Å². The van der Waals surface area contributed by atoms with Crippen LogP contribution in [0.3, 0.4) is 0 Å². The first-order valence-electron chi connectivity index (χ1n) is 4.91. The first-order chi connectivity index (χ1) is 6.49. The van der Waals surface area contributed by atoms with E-state index in [1.807, 2.05) is 0 Å². The normalized spacial score (nSPS) is 12.4. The van der Waals surface area contributed by atoms with E-state index in [2.05, 4.69) is 23.9 Å². The molecular formula is C9H18F3NO. The lowest BCUT2D eigenvalue weighted by Gasteiger charge is -2.13. The maximum Gasteiger partial charge on any atom is 0.522 e. The van der Waals surface area contributed by atoms with E-state index in [1.165, 1.54) is 0 Å². The van der Waals surface area contributed by atoms with Gasteiger partial charge in [0.05, 0.1) is 6.61 Å². The van der Waals surface area contributed by atoms with Gasteiger partial charge in [-0.2, -0.15) is 0 Å². The van der Waals surface area contributed by atoms with Crippen molar-refractivity contribution >= 4 is 0 Å². The molecule has 5 heteroatoms. The van der Waals surface area contributed by atoms with Gasteiger partial charge in [0.25, 0.3) is 0 Å². The van der Waals surface area contributed by atoms with Crippen molar-refractivity contribution in [3.63, 3.8) is 0 Å². The second-order valence-corrected chi connectivity index (χ2v) is 3.18. The van der Waals surface area contributed by atoms with E-state index in [0.717, 1.165) is 19.4 Å². The summed E-state index contributed by atoms with van der Waals surface area (Å²) in [4.78, 5) is 0. The Kier molecular flexibility index (Phi) is 6.92. The molecule has 1 N–H and O–H groups in total. The van der Waals surface area contributed by atoms with Crippen molar-refractivity contribution < 1.29 is 17.9 Å². The molecule has 0 aromatic rings. The van der Waals surface area contributed by atoms with Crippen LogP contribution in [-0.4, -0.2) is 26.1 Å². The van der Waals surface area contributed by atoms with E-state index in [4.69, 9.17) is 0 Å². The summed E-state index contributed by atoms with van der Waals surface area (Å²) < 4.78 is 38.2. The van der Waals surface area contributed by atoms with Crippen molar-refractivity contribution in [2.75, 3.05) is 19.7 Å². The molecule has 0 aromatic heterocycles. The third-order valence-electron chi connectivity index (χ3n) is 2.13. The minimum absolute atomic E-state index is 0.246. The van der Waals surface area contributed by atoms with Crippen molar-refractivity contribution in [3.8, 4) is 0 Å². The summed E-state index contributed by atoms with van der Waals surface area (Å²) in [5, 5.41) is 2.93. The van der Waals surface area contributed by atoms with Gasteiger partial charge in [-0.05, 0) is 12.5 Å². The Labute approximate surface area is 82.8 Å². The summed E-state index contributed by atoms with van der Waals surface area (Å²) in [6.45, 7) is 4.83. The van der Waals surface area contributed by atoms with Crippen LogP contribution in [0.2, 0.25) is 0 Å². The van der Waals surface area contributed by atoms with Crippen molar-refractivity contribution in [2.45, 2.75) is 33.1 Å². The molecule has 0 aliphatic heterocycles. The average molecular weight is 213 g/mol. The molecule has 0 spiro atoms. The molecule has 0 aliphatic rings. The zero-order valence-corrected chi connectivity index (χ0v) is 8.66. The third kappa shape index (κ3) is 8.31. The molecule has 0 fully saturated rings. The molecule has 0 aliphatic carbocycles. The predicted octanol–water partition coefficient (Wildman–Crippen LogP) is 2.55. The number of hydrogen-bond acceptors (Lipinski definition) is 2. The maximum absolute atomic E-state index is 11.5. The Morgan fingerprint density at radius 1 is 1.21 bits per heavy atom. The van der Waals surface area contributed by atoms with Crippen LogP contribution in [0, 0.1) is 5.92 Å². The van der Waals surface area contributed by atoms with Gasteiger partial charge in [-0.25, -0.2) is 0 Å². The largest absolute Gasteiger partial charge is 0.522 e. The van der Waals surface area contributed by atoms with Crippen molar-refractivity contribution in [3.05, 3.63) is 0 Å². The van der Waals surface area contributed by atoms with Gasteiger partial charge in [0, 0.05) is 6.54 Å². The molecule has 0 amide bonds. The van der Waals surface area contributed by atoms with E-state index < -0.39 is 6.36 Å². The first-order valence-corrected chi connectivity index (χ1v) is 4.91. The highest BCUT2D eigenvalue weighted by Gasteiger charge is 2.28. The lowest BCUT2D eigenvalue weighted by atomic mass is 10.0. The molecule has 0 aromatic carbocycles. The molecule has 86 valence electrons. The van der Waals surface area contributed by atoms with Gasteiger partial charge in [0.1, 0.15) is 0 Å². The number of alkyl halides is 3. The highest BCUT2D eigenvalue weighted by Crippen LogP contribution is 2.15. The van der Waals surface area contributed by atoms with Gasteiger partial charge in [0.15, 0.2) is 0 Å². The van der Waals surface area contributed by atoms with Crippen LogP contribution in [0.25, 0.3) is 0 Å². The lowest BCUT2D eigenvalue weighted by Crippen LogP contribution is -2.28. The Morgan fingerprint density at radius 3 is 2.21 bits per heavy atom. The van der Waals surface area contributed by atoms with E-state index in [9.17, 15) is 13.2 Å². The molecule has 0 rings (SSSR count). The second-order valence-electron chi connectivity index (χ2n) is 3.18. The highest BCUT2D eigenvalue weighted by molar-refractivity contribution is 4.58. The topological polar surface area (TPSA) is 21.3 Å². The zero-order valence-electron chi connectivity index (χ0n) is 8.66. The lowest BCUT2D eigenvalue weighted by molar-refractivity contribution is -0.323. The van der Waals surface area contributed by atoms with E-state index in [0.29, 0.717) is 5.92 Å². The molecule has 14 heavy (non-hydrogen) atoms. The first kappa shape index (κ1) is 13.7. The van der Waals surface area contributed by atoms with Crippen LogP contribution in [-0.2, 0) is 4.74 Å². The second kappa shape index (κ2) is 7.06. The van der Waals surface area contributed by atoms with Gasteiger partial charge in [-0.1, -0.05) is 26.7 Å². The minimum Gasteiger partial charge on any atom is -0.314 e. The van der Waals surface area contributed by atoms with Crippen LogP contribution < -0.4 is 5.32 Å². The monoisotopic (exact) mass is 213 g/mol. The quantitative estimate of drug-likeness (QED) is 0.656. The standard InChI is InChI=1S/C9H18F3NO/c1-3-8(4-2)7-13-5-6-14-9(10,11)12/h8,13H,3-7H2,1-2H3. The summed E-state index contributed by atoms with van der Waals surface area (Å²) in [5.41, 5.74) is 0. The molecule has 0 saturated carbocycles. The van der Waals surface area contributed by atoms with Crippen LogP contribution >= 0.6 is 0 Å². The molecule has 0 bridgehead atoms. The SMILES string of the molecule is CCC(CC)CNCCOC(F)(F)F. The summed E-state index contributed by atoms with van der Waals surface area (Å²) in [7, 11) is 0. The summed E-state index contributed by atoms with van der Waals surface area (Å²) >= 11 is 0. The minimum atomic E-state index is -4.50. The number of rotatable bonds is 7. The maximum atomic E-state index is 11.5. The van der Waals surface area contributed by atoms with Crippen molar-refractivity contribution in [1.82, 2.24) is 5.32 Å². The molecule has 0 saturated heterocycles. The Hall–Kier alpha value is -0.290. The van der Waals surface area contributed by atoms with Gasteiger partial charge in [0.2, 0.25) is 0 Å². The smallest absolute Gasteiger partial charge is 0.314 e. The summed E-state index contributed by atoms with van der Waals surface area (Å²) in [5.74, 6) is 0.542. The van der Waals surface area contributed by atoms with Gasteiger partial charge in [-0.3, -0.25) is 4.74 Å². The number of hydrogen-bond donors (Lipinski definition) is 1. The number of nitrogens with one attached hydrogen (secondary N) is 1.